The standard InChI is InChI=1S/C15H10Cl2F2O/c16-12-3-1-9(7-13(12)17)5-11(20)6-10-2-4-14(18)15(19)8-10/h1-4,7-8H,5-6H2. The molecule has 0 bridgehead atoms. The van der Waals surface area contributed by atoms with Gasteiger partial charge in [-0.1, -0.05) is 35.3 Å². The van der Waals surface area contributed by atoms with Gasteiger partial charge in [0.25, 0.3) is 0 Å². The van der Waals surface area contributed by atoms with Gasteiger partial charge in [0.05, 0.1) is 10.0 Å². The van der Waals surface area contributed by atoms with Gasteiger partial charge in [0, 0.05) is 12.8 Å². The number of hydrogen-bond donors (Lipinski definition) is 0. The number of Topliss-reactive ketones (excluding diaryl/α,β-unsaturated/α-hetero) is 1. The van der Waals surface area contributed by atoms with Crippen molar-refractivity contribution in [3.05, 3.63) is 69.2 Å². The first kappa shape index (κ1) is 14.9. The summed E-state index contributed by atoms with van der Waals surface area (Å²) >= 11 is 11.6. The summed E-state index contributed by atoms with van der Waals surface area (Å²) in [7, 11) is 0. The van der Waals surface area contributed by atoms with E-state index in [9.17, 15) is 13.6 Å². The van der Waals surface area contributed by atoms with Gasteiger partial charge in [-0.3, -0.25) is 4.79 Å². The van der Waals surface area contributed by atoms with Crippen LogP contribution in [0.25, 0.3) is 0 Å². The molecule has 20 heavy (non-hydrogen) atoms. The molecule has 2 aromatic carbocycles. The third-order valence-electron chi connectivity index (χ3n) is 2.77. The van der Waals surface area contributed by atoms with Crippen molar-refractivity contribution in [3.8, 4) is 0 Å². The van der Waals surface area contributed by atoms with Crippen LogP contribution in [0.15, 0.2) is 36.4 Å². The first-order valence-corrected chi connectivity index (χ1v) is 6.61. The van der Waals surface area contributed by atoms with E-state index in [1.165, 1.54) is 6.07 Å². The molecule has 0 fully saturated rings. The second-order valence-corrected chi connectivity index (χ2v) is 5.20. The predicted octanol–water partition coefficient (Wildman–Crippen LogP) is 4.63. The summed E-state index contributed by atoms with van der Waals surface area (Å²) in [5, 5.41) is 0.799. The summed E-state index contributed by atoms with van der Waals surface area (Å²) in [5.41, 5.74) is 1.17. The fourth-order valence-electron chi connectivity index (χ4n) is 1.82. The van der Waals surface area contributed by atoms with Crippen LogP contribution >= 0.6 is 23.2 Å². The van der Waals surface area contributed by atoms with Crippen molar-refractivity contribution in [3.63, 3.8) is 0 Å². The van der Waals surface area contributed by atoms with Gasteiger partial charge in [-0.05, 0) is 35.4 Å². The second-order valence-electron chi connectivity index (χ2n) is 4.39. The first-order valence-electron chi connectivity index (χ1n) is 5.85. The minimum Gasteiger partial charge on any atom is -0.299 e. The number of carbonyl (C=O) groups excluding carboxylic acids is 1. The monoisotopic (exact) mass is 314 g/mol. The Balaban J connectivity index is 2.04. The van der Waals surface area contributed by atoms with E-state index >= 15 is 0 Å². The van der Waals surface area contributed by atoms with Crippen molar-refractivity contribution in [2.75, 3.05) is 0 Å². The lowest BCUT2D eigenvalue weighted by molar-refractivity contribution is -0.117. The molecular weight excluding hydrogens is 305 g/mol. The van der Waals surface area contributed by atoms with Gasteiger partial charge < -0.3 is 0 Å². The van der Waals surface area contributed by atoms with Crippen LogP contribution in [0.2, 0.25) is 10.0 Å². The van der Waals surface area contributed by atoms with E-state index < -0.39 is 11.6 Å². The Morgan fingerprint density at radius 3 is 2.05 bits per heavy atom. The molecule has 2 aromatic rings. The molecule has 0 saturated heterocycles. The number of benzene rings is 2. The van der Waals surface area contributed by atoms with Gasteiger partial charge in [-0.25, -0.2) is 8.78 Å². The second kappa shape index (κ2) is 6.33. The predicted molar refractivity (Wildman–Crippen MR) is 75.2 cm³/mol. The quantitative estimate of drug-likeness (QED) is 0.804. The van der Waals surface area contributed by atoms with Crippen molar-refractivity contribution in [1.29, 1.82) is 0 Å². The maximum Gasteiger partial charge on any atom is 0.159 e. The third kappa shape index (κ3) is 3.78. The molecule has 0 unspecified atom stereocenters. The number of rotatable bonds is 4. The number of halogens is 4. The molecular formula is C15H10Cl2F2O. The molecule has 2 rings (SSSR count). The average Bonchev–Trinajstić information content (AvgIpc) is 2.38. The molecule has 0 aliphatic carbocycles. The van der Waals surface area contributed by atoms with E-state index in [1.54, 1.807) is 18.2 Å². The normalized spacial score (nSPS) is 10.6. The van der Waals surface area contributed by atoms with Gasteiger partial charge in [0.1, 0.15) is 5.78 Å². The Hall–Kier alpha value is -1.45. The molecule has 1 nitrogen and oxygen atoms in total. The maximum atomic E-state index is 13.0. The van der Waals surface area contributed by atoms with Crippen molar-refractivity contribution in [2.24, 2.45) is 0 Å². The SMILES string of the molecule is O=C(Cc1ccc(F)c(F)c1)Cc1ccc(Cl)c(Cl)c1. The summed E-state index contributed by atoms with van der Waals surface area (Å²) in [6.45, 7) is 0. The van der Waals surface area contributed by atoms with Crippen LogP contribution in [0, 0.1) is 11.6 Å². The highest BCUT2D eigenvalue weighted by Crippen LogP contribution is 2.23. The van der Waals surface area contributed by atoms with E-state index in [2.05, 4.69) is 0 Å². The van der Waals surface area contributed by atoms with Gasteiger partial charge >= 0.3 is 0 Å². The Labute approximate surface area is 125 Å². The Kier molecular flexibility index (Phi) is 4.73. The fourth-order valence-corrected chi connectivity index (χ4v) is 2.14. The zero-order valence-electron chi connectivity index (χ0n) is 10.3. The summed E-state index contributed by atoms with van der Waals surface area (Å²) < 4.78 is 25.8. The largest absolute Gasteiger partial charge is 0.299 e. The average molecular weight is 315 g/mol. The highest BCUT2D eigenvalue weighted by molar-refractivity contribution is 6.42. The lowest BCUT2D eigenvalue weighted by Crippen LogP contribution is -2.07. The lowest BCUT2D eigenvalue weighted by atomic mass is 10.0. The molecule has 104 valence electrons. The Morgan fingerprint density at radius 2 is 1.45 bits per heavy atom. The van der Waals surface area contributed by atoms with E-state index in [0.717, 1.165) is 17.7 Å². The summed E-state index contributed by atoms with van der Waals surface area (Å²) in [6.07, 6.45) is 0.202. The molecule has 0 aromatic heterocycles. The molecule has 0 saturated carbocycles. The zero-order chi connectivity index (χ0) is 14.7. The summed E-state index contributed by atoms with van der Waals surface area (Å²) in [6, 6.07) is 8.37. The number of ketones is 1. The van der Waals surface area contributed by atoms with Crippen molar-refractivity contribution in [1.82, 2.24) is 0 Å². The third-order valence-corrected chi connectivity index (χ3v) is 3.51. The van der Waals surface area contributed by atoms with E-state index in [0.29, 0.717) is 15.6 Å². The van der Waals surface area contributed by atoms with Gasteiger partial charge in [0.2, 0.25) is 0 Å². The van der Waals surface area contributed by atoms with Crippen molar-refractivity contribution in [2.45, 2.75) is 12.8 Å². The van der Waals surface area contributed by atoms with Crippen LogP contribution in [0.3, 0.4) is 0 Å². The smallest absolute Gasteiger partial charge is 0.159 e. The highest BCUT2D eigenvalue weighted by atomic mass is 35.5. The van der Waals surface area contributed by atoms with E-state index in [-0.39, 0.29) is 18.6 Å². The van der Waals surface area contributed by atoms with Crippen LogP contribution in [0.4, 0.5) is 8.78 Å². The van der Waals surface area contributed by atoms with Crippen molar-refractivity contribution >= 4 is 29.0 Å². The molecule has 0 N–H and O–H groups in total. The minimum atomic E-state index is -0.954. The van der Waals surface area contributed by atoms with E-state index in [4.69, 9.17) is 23.2 Å². The van der Waals surface area contributed by atoms with Crippen molar-refractivity contribution < 1.29 is 13.6 Å². The van der Waals surface area contributed by atoms with E-state index in [1.807, 2.05) is 0 Å². The molecule has 0 aliphatic rings. The zero-order valence-corrected chi connectivity index (χ0v) is 11.8. The Morgan fingerprint density at radius 1 is 0.850 bits per heavy atom. The fraction of sp³-hybridized carbons (Fsp3) is 0.133. The molecule has 0 atom stereocenters. The highest BCUT2D eigenvalue weighted by Gasteiger charge is 2.09. The number of hydrogen-bond acceptors (Lipinski definition) is 1. The molecule has 0 spiro atoms. The van der Waals surface area contributed by atoms with Crippen LogP contribution in [-0.2, 0) is 17.6 Å². The Bertz CT molecular complexity index is 601. The summed E-state index contributed by atoms with van der Waals surface area (Å²) in [4.78, 5) is 11.9. The number of carbonyl (C=O) groups is 1. The maximum absolute atomic E-state index is 13.0. The molecule has 0 amide bonds. The first-order chi connectivity index (χ1) is 9.45. The van der Waals surface area contributed by atoms with Crippen LogP contribution in [0.5, 0.6) is 0 Å². The van der Waals surface area contributed by atoms with Gasteiger partial charge in [-0.15, -0.1) is 0 Å². The molecule has 0 radical (unpaired) electrons. The van der Waals surface area contributed by atoms with Crippen LogP contribution in [0.1, 0.15) is 11.1 Å². The molecule has 5 heteroatoms. The van der Waals surface area contributed by atoms with Crippen LogP contribution in [-0.4, -0.2) is 5.78 Å². The molecule has 0 aliphatic heterocycles. The minimum absolute atomic E-state index is 0.0391. The topological polar surface area (TPSA) is 17.1 Å². The van der Waals surface area contributed by atoms with Gasteiger partial charge in [0.15, 0.2) is 11.6 Å². The lowest BCUT2D eigenvalue weighted by Gasteiger charge is -2.04. The molecule has 0 heterocycles. The van der Waals surface area contributed by atoms with Crippen LogP contribution < -0.4 is 0 Å². The summed E-state index contributed by atoms with van der Waals surface area (Å²) in [5.74, 6) is -2.00. The van der Waals surface area contributed by atoms with Gasteiger partial charge in [-0.2, -0.15) is 0 Å².